The molecule has 0 saturated carbocycles. The van der Waals surface area contributed by atoms with Crippen molar-refractivity contribution in [3.8, 4) is 0 Å². The van der Waals surface area contributed by atoms with Gasteiger partial charge in [0, 0.05) is 13.1 Å². The summed E-state index contributed by atoms with van der Waals surface area (Å²) in [4.78, 5) is 4.02. The number of hydrogen-bond acceptors (Lipinski definition) is 8. The van der Waals surface area contributed by atoms with Gasteiger partial charge in [0.05, 0.1) is 25.7 Å². The van der Waals surface area contributed by atoms with Crippen LogP contribution in [0.3, 0.4) is 0 Å². The van der Waals surface area contributed by atoms with Crippen molar-refractivity contribution in [3.05, 3.63) is 0 Å². The van der Waals surface area contributed by atoms with Crippen LogP contribution in [0.15, 0.2) is 0 Å². The molecule has 0 atom stereocenters. The van der Waals surface area contributed by atoms with Gasteiger partial charge in [-0.25, -0.2) is 0 Å². The summed E-state index contributed by atoms with van der Waals surface area (Å²) in [5, 5.41) is 0. The summed E-state index contributed by atoms with van der Waals surface area (Å²) in [7, 11) is -2.90. The zero-order valence-electron chi connectivity index (χ0n) is 14.6. The van der Waals surface area contributed by atoms with Crippen LogP contribution < -0.4 is 0 Å². The van der Waals surface area contributed by atoms with Crippen LogP contribution in [0.2, 0.25) is 0 Å². The van der Waals surface area contributed by atoms with Crippen LogP contribution in [0.4, 0.5) is 0 Å². The first-order valence-electron chi connectivity index (χ1n) is 7.05. The third kappa shape index (κ3) is 22.3. The molecule has 0 aliphatic rings. The Hall–Kier alpha value is 0.320. The minimum absolute atomic E-state index is 0. The minimum Gasteiger partial charge on any atom is -0.304 e. The summed E-state index contributed by atoms with van der Waals surface area (Å²) in [5.74, 6) is 0. The molecule has 0 aliphatic carbocycles. The average Bonchev–Trinajstić information content (AvgIpc) is 2.31. The summed E-state index contributed by atoms with van der Waals surface area (Å²) in [6, 6.07) is 0. The highest BCUT2D eigenvalue weighted by molar-refractivity contribution is 7.86. The molecule has 0 radical (unpaired) electrons. The Morgan fingerprint density at radius 3 is 1.21 bits per heavy atom. The van der Waals surface area contributed by atoms with E-state index in [1.165, 1.54) is 0 Å². The van der Waals surface area contributed by atoms with E-state index in [0.29, 0.717) is 13.1 Å². The summed E-state index contributed by atoms with van der Waals surface area (Å²) >= 11 is 0. The van der Waals surface area contributed by atoms with Crippen molar-refractivity contribution >= 4 is 45.1 Å². The molecule has 150 valence electrons. The van der Waals surface area contributed by atoms with Crippen LogP contribution in [0.25, 0.3) is 0 Å². The molecule has 0 heterocycles. The lowest BCUT2D eigenvalue weighted by atomic mass is 10.3. The van der Waals surface area contributed by atoms with E-state index in [2.05, 4.69) is 8.37 Å². The molecular weight excluding hydrogens is 403 g/mol. The van der Waals surface area contributed by atoms with Gasteiger partial charge in [0.25, 0.3) is 20.2 Å². The van der Waals surface area contributed by atoms with E-state index in [4.69, 9.17) is 0 Å². The van der Waals surface area contributed by atoms with Crippen LogP contribution >= 0.6 is 24.8 Å². The standard InChI is InChI=1S/C12H28N2O6S2.2ClH/c1-13(9-11-19-21(3,15)16)7-5-6-8-14(2)10-12-20-22(4,17)18;;/h5-12H2,1-4H3;2*1H. The fourth-order valence-corrected chi connectivity index (χ4v) is 2.43. The molecule has 0 aromatic heterocycles. The zero-order valence-corrected chi connectivity index (χ0v) is 17.9. The Morgan fingerprint density at radius 2 is 0.958 bits per heavy atom. The van der Waals surface area contributed by atoms with Gasteiger partial charge >= 0.3 is 0 Å². The Bertz CT molecular complexity index is 456. The fraction of sp³-hybridized carbons (Fsp3) is 1.00. The predicted molar refractivity (Wildman–Crippen MR) is 100 cm³/mol. The lowest BCUT2D eigenvalue weighted by Crippen LogP contribution is -2.28. The predicted octanol–water partition coefficient (Wildman–Crippen LogP) is 0.426. The van der Waals surface area contributed by atoms with Gasteiger partial charge in [0.1, 0.15) is 0 Å². The van der Waals surface area contributed by atoms with E-state index in [0.717, 1.165) is 38.4 Å². The van der Waals surface area contributed by atoms with Gasteiger partial charge < -0.3 is 9.80 Å². The molecule has 0 aromatic carbocycles. The molecule has 12 heteroatoms. The Labute approximate surface area is 158 Å². The number of nitrogens with zero attached hydrogens (tertiary/aromatic N) is 2. The molecular formula is C12H30Cl2N2O6S2. The van der Waals surface area contributed by atoms with E-state index in [9.17, 15) is 16.8 Å². The number of likely N-dealkylation sites (N-methyl/N-ethyl adjacent to an activating group) is 2. The molecule has 8 nitrogen and oxygen atoms in total. The molecule has 0 spiro atoms. The largest absolute Gasteiger partial charge is 0.304 e. The maximum absolute atomic E-state index is 10.8. The van der Waals surface area contributed by atoms with Crippen LogP contribution in [0.1, 0.15) is 12.8 Å². The van der Waals surface area contributed by atoms with Gasteiger partial charge in [-0.2, -0.15) is 16.8 Å². The summed E-state index contributed by atoms with van der Waals surface area (Å²) in [5.41, 5.74) is 0. The van der Waals surface area contributed by atoms with Crippen molar-refractivity contribution in [2.45, 2.75) is 12.8 Å². The average molecular weight is 433 g/mol. The molecule has 0 N–H and O–H groups in total. The van der Waals surface area contributed by atoms with Gasteiger partial charge in [-0.05, 0) is 40.0 Å². The first-order chi connectivity index (χ1) is 9.99. The second-order valence-corrected chi connectivity index (χ2v) is 8.65. The molecule has 0 aromatic rings. The van der Waals surface area contributed by atoms with Gasteiger partial charge in [-0.3, -0.25) is 8.37 Å². The van der Waals surface area contributed by atoms with Crippen molar-refractivity contribution < 1.29 is 25.2 Å². The maximum atomic E-state index is 10.8. The number of unbranched alkanes of at least 4 members (excludes halogenated alkanes) is 1. The van der Waals surface area contributed by atoms with E-state index >= 15 is 0 Å². The first kappa shape index (κ1) is 29.1. The molecule has 0 aliphatic heterocycles. The fourth-order valence-electron chi connectivity index (χ4n) is 1.68. The van der Waals surface area contributed by atoms with Crippen LogP contribution in [-0.4, -0.2) is 92.6 Å². The van der Waals surface area contributed by atoms with Crippen LogP contribution in [-0.2, 0) is 28.6 Å². The SMILES string of the molecule is CN(CCCCN(C)CCOS(C)(=O)=O)CCOS(C)(=O)=O.Cl.Cl. The highest BCUT2D eigenvalue weighted by Gasteiger charge is 2.05. The normalized spacial score (nSPS) is 12.1. The number of halogens is 2. The summed E-state index contributed by atoms with van der Waals surface area (Å²) < 4.78 is 52.6. The molecule has 0 bridgehead atoms. The number of hydrogen-bond donors (Lipinski definition) is 0. The topological polar surface area (TPSA) is 93.2 Å². The minimum atomic E-state index is -3.36. The molecule has 0 fully saturated rings. The summed E-state index contributed by atoms with van der Waals surface area (Å²) in [6.07, 6.45) is 4.01. The Balaban J connectivity index is -0.00000220. The zero-order chi connectivity index (χ0) is 17.2. The van der Waals surface area contributed by atoms with E-state index in [1.54, 1.807) is 0 Å². The van der Waals surface area contributed by atoms with E-state index in [-0.39, 0.29) is 38.0 Å². The molecule has 0 unspecified atom stereocenters. The Kier molecular flexibility index (Phi) is 17.6. The monoisotopic (exact) mass is 432 g/mol. The third-order valence-corrected chi connectivity index (χ3v) is 4.06. The van der Waals surface area contributed by atoms with E-state index < -0.39 is 20.2 Å². The maximum Gasteiger partial charge on any atom is 0.264 e. The number of rotatable bonds is 13. The van der Waals surface area contributed by atoms with Gasteiger partial charge in [0.2, 0.25) is 0 Å². The van der Waals surface area contributed by atoms with Gasteiger partial charge in [-0.1, -0.05) is 0 Å². The molecule has 0 rings (SSSR count). The van der Waals surface area contributed by atoms with E-state index in [1.807, 2.05) is 23.9 Å². The molecule has 0 amide bonds. The van der Waals surface area contributed by atoms with Crippen molar-refractivity contribution in [2.24, 2.45) is 0 Å². The lowest BCUT2D eigenvalue weighted by molar-refractivity contribution is 0.224. The molecule has 0 saturated heterocycles. The smallest absolute Gasteiger partial charge is 0.264 e. The highest BCUT2D eigenvalue weighted by Crippen LogP contribution is 1.97. The van der Waals surface area contributed by atoms with Crippen molar-refractivity contribution in [1.29, 1.82) is 0 Å². The second-order valence-electron chi connectivity index (χ2n) is 5.37. The van der Waals surface area contributed by atoms with Crippen LogP contribution in [0.5, 0.6) is 0 Å². The highest BCUT2D eigenvalue weighted by atomic mass is 35.5. The quantitative estimate of drug-likeness (QED) is 0.305. The van der Waals surface area contributed by atoms with Gasteiger partial charge in [-0.15, -0.1) is 24.8 Å². The molecule has 24 heavy (non-hydrogen) atoms. The Morgan fingerprint density at radius 1 is 0.667 bits per heavy atom. The van der Waals surface area contributed by atoms with Crippen LogP contribution in [0, 0.1) is 0 Å². The summed E-state index contributed by atoms with van der Waals surface area (Å²) in [6.45, 7) is 3.15. The van der Waals surface area contributed by atoms with Crippen molar-refractivity contribution in [1.82, 2.24) is 9.80 Å². The lowest BCUT2D eigenvalue weighted by Gasteiger charge is -2.18. The second kappa shape index (κ2) is 14.5. The van der Waals surface area contributed by atoms with Crippen molar-refractivity contribution in [2.75, 3.05) is 66.0 Å². The van der Waals surface area contributed by atoms with Gasteiger partial charge in [0.15, 0.2) is 0 Å². The first-order valence-corrected chi connectivity index (χ1v) is 10.7. The third-order valence-electron chi connectivity index (χ3n) is 2.87. The van der Waals surface area contributed by atoms with Crippen molar-refractivity contribution in [3.63, 3.8) is 0 Å².